The van der Waals surface area contributed by atoms with E-state index in [1.165, 1.54) is 12.5 Å². The molecule has 2 heterocycles. The van der Waals surface area contributed by atoms with Crippen molar-refractivity contribution < 1.29 is 13.2 Å². The molecule has 0 saturated carbocycles. The number of nitrogens with zero attached hydrogens (tertiary/aromatic N) is 2. The van der Waals surface area contributed by atoms with Crippen LogP contribution in [0.25, 0.3) is 0 Å². The van der Waals surface area contributed by atoms with Crippen molar-refractivity contribution in [2.45, 2.75) is 57.3 Å². The van der Waals surface area contributed by atoms with Crippen LogP contribution in [0.4, 0.5) is 0 Å². The first kappa shape index (κ1) is 23.2. The summed E-state index contributed by atoms with van der Waals surface area (Å²) in [4.78, 5) is 15.3. The number of amides is 1. The van der Waals surface area contributed by atoms with Gasteiger partial charge in [-0.05, 0) is 62.3 Å². The van der Waals surface area contributed by atoms with Crippen molar-refractivity contribution in [2.75, 3.05) is 39.3 Å². The van der Waals surface area contributed by atoms with Gasteiger partial charge in [-0.1, -0.05) is 32.8 Å². The first-order valence-corrected chi connectivity index (χ1v) is 12.9. The van der Waals surface area contributed by atoms with Crippen molar-refractivity contribution in [3.8, 4) is 0 Å². The van der Waals surface area contributed by atoms with Gasteiger partial charge in [-0.25, -0.2) is 8.42 Å². The normalized spacial score (nSPS) is 24.3. The Morgan fingerprint density at radius 3 is 2.40 bits per heavy atom. The van der Waals surface area contributed by atoms with E-state index in [1.54, 1.807) is 22.5 Å². The third-order valence-electron chi connectivity index (χ3n) is 6.18. The molecule has 168 valence electrons. The van der Waals surface area contributed by atoms with E-state index in [0.29, 0.717) is 25.2 Å². The monoisotopic (exact) mass is 435 g/mol. The first-order valence-electron chi connectivity index (χ1n) is 11.5. The zero-order chi connectivity index (χ0) is 21.6. The van der Waals surface area contributed by atoms with Crippen LogP contribution in [-0.4, -0.2) is 62.8 Å². The van der Waals surface area contributed by atoms with Gasteiger partial charge in [-0.3, -0.25) is 4.79 Å². The summed E-state index contributed by atoms with van der Waals surface area (Å²) in [6, 6.07) is 6.46. The van der Waals surface area contributed by atoms with E-state index >= 15 is 0 Å². The number of piperidine rings is 1. The second-order valence-electron chi connectivity index (χ2n) is 9.16. The van der Waals surface area contributed by atoms with Gasteiger partial charge in [0.1, 0.15) is 0 Å². The van der Waals surface area contributed by atoms with E-state index in [0.717, 1.165) is 63.6 Å². The minimum absolute atomic E-state index is 0.205. The lowest BCUT2D eigenvalue weighted by Gasteiger charge is -2.34. The Morgan fingerprint density at radius 1 is 1.07 bits per heavy atom. The molecule has 0 aromatic heterocycles. The van der Waals surface area contributed by atoms with Gasteiger partial charge in [0.05, 0.1) is 4.90 Å². The van der Waals surface area contributed by atoms with Gasteiger partial charge in [0.25, 0.3) is 5.91 Å². The van der Waals surface area contributed by atoms with Gasteiger partial charge in [0, 0.05) is 38.3 Å². The summed E-state index contributed by atoms with van der Waals surface area (Å²) in [6.45, 7) is 9.58. The van der Waals surface area contributed by atoms with Crippen LogP contribution >= 0.6 is 0 Å². The Bertz CT molecular complexity index is 794. The molecule has 2 fully saturated rings. The van der Waals surface area contributed by atoms with Crippen LogP contribution < -0.4 is 5.32 Å². The average molecular weight is 436 g/mol. The number of rotatable bonds is 7. The largest absolute Gasteiger partial charge is 0.352 e. The number of likely N-dealkylation sites (tertiary alicyclic amines) is 1. The summed E-state index contributed by atoms with van der Waals surface area (Å²) in [6.07, 6.45) is 6.14. The van der Waals surface area contributed by atoms with Crippen LogP contribution in [0.1, 0.15) is 62.7 Å². The van der Waals surface area contributed by atoms with E-state index in [9.17, 15) is 13.2 Å². The maximum Gasteiger partial charge on any atom is 0.251 e. The summed E-state index contributed by atoms with van der Waals surface area (Å²) < 4.78 is 27.6. The summed E-state index contributed by atoms with van der Waals surface area (Å²) in [5.41, 5.74) is 0.408. The van der Waals surface area contributed by atoms with E-state index in [1.807, 2.05) is 0 Å². The topological polar surface area (TPSA) is 69.7 Å². The number of benzene rings is 1. The molecule has 1 amide bonds. The predicted octanol–water partition coefficient (Wildman–Crippen LogP) is 3.35. The number of hydrogen-bond acceptors (Lipinski definition) is 4. The molecule has 30 heavy (non-hydrogen) atoms. The molecule has 6 nitrogen and oxygen atoms in total. The molecule has 0 aliphatic carbocycles. The van der Waals surface area contributed by atoms with Crippen molar-refractivity contribution in [1.29, 1.82) is 0 Å². The molecular formula is C23H37N3O3S. The summed E-state index contributed by atoms with van der Waals surface area (Å²) in [5, 5.41) is 2.96. The van der Waals surface area contributed by atoms with Crippen molar-refractivity contribution >= 4 is 15.9 Å². The van der Waals surface area contributed by atoms with Crippen LogP contribution in [0.5, 0.6) is 0 Å². The number of carbonyl (C=O) groups is 1. The van der Waals surface area contributed by atoms with E-state index in [2.05, 4.69) is 24.1 Å². The van der Waals surface area contributed by atoms with Crippen molar-refractivity contribution in [1.82, 2.24) is 14.5 Å². The van der Waals surface area contributed by atoms with Crippen molar-refractivity contribution in [3.63, 3.8) is 0 Å². The van der Waals surface area contributed by atoms with Crippen LogP contribution in [-0.2, 0) is 10.0 Å². The highest BCUT2D eigenvalue weighted by Gasteiger charge is 2.26. The van der Waals surface area contributed by atoms with Gasteiger partial charge >= 0.3 is 0 Å². The van der Waals surface area contributed by atoms with Gasteiger partial charge < -0.3 is 10.2 Å². The zero-order valence-corrected chi connectivity index (χ0v) is 19.3. The highest BCUT2D eigenvalue weighted by atomic mass is 32.2. The molecule has 1 aromatic carbocycles. The molecule has 0 spiro atoms. The smallest absolute Gasteiger partial charge is 0.251 e. The first-order chi connectivity index (χ1) is 14.4. The third-order valence-corrected chi connectivity index (χ3v) is 8.07. The molecule has 7 heteroatoms. The highest BCUT2D eigenvalue weighted by molar-refractivity contribution is 7.89. The lowest BCUT2D eigenvalue weighted by atomic mass is 9.92. The van der Waals surface area contributed by atoms with Crippen LogP contribution in [0.3, 0.4) is 0 Å². The Labute approximate surface area is 182 Å². The van der Waals surface area contributed by atoms with Gasteiger partial charge in [-0.15, -0.1) is 0 Å². The molecule has 0 radical (unpaired) electrons. The Kier molecular flexibility index (Phi) is 8.31. The number of sulfonamides is 1. The molecule has 1 aromatic rings. The number of carbonyl (C=O) groups excluding carboxylic acids is 1. The fraction of sp³-hybridized carbons (Fsp3) is 0.696. The number of nitrogens with one attached hydrogen (secondary N) is 1. The minimum Gasteiger partial charge on any atom is -0.352 e. The van der Waals surface area contributed by atoms with Gasteiger partial charge in [0.2, 0.25) is 10.0 Å². The van der Waals surface area contributed by atoms with Crippen LogP contribution in [0, 0.1) is 11.8 Å². The van der Waals surface area contributed by atoms with Crippen LogP contribution in [0.15, 0.2) is 29.2 Å². The summed E-state index contributed by atoms with van der Waals surface area (Å²) in [7, 11) is -3.54. The quantitative estimate of drug-likeness (QED) is 0.667. The lowest BCUT2D eigenvalue weighted by molar-refractivity contribution is 0.0947. The molecule has 2 unspecified atom stereocenters. The molecular weight excluding hydrogens is 398 g/mol. The van der Waals surface area contributed by atoms with E-state index in [-0.39, 0.29) is 10.8 Å². The second kappa shape index (κ2) is 10.7. The van der Waals surface area contributed by atoms with Crippen LogP contribution in [0.2, 0.25) is 0 Å². The highest BCUT2D eigenvalue weighted by Crippen LogP contribution is 2.22. The molecule has 1 N–H and O–H groups in total. The fourth-order valence-corrected chi connectivity index (χ4v) is 6.37. The molecule has 2 aliphatic heterocycles. The lowest BCUT2D eigenvalue weighted by Crippen LogP contribution is -2.40. The Balaban J connectivity index is 1.53. The summed E-state index contributed by atoms with van der Waals surface area (Å²) >= 11 is 0. The molecule has 2 atom stereocenters. The average Bonchev–Trinajstić information content (AvgIpc) is 3.00. The molecule has 2 aliphatic rings. The van der Waals surface area contributed by atoms with Crippen molar-refractivity contribution in [2.24, 2.45) is 11.8 Å². The second-order valence-corrected chi connectivity index (χ2v) is 11.1. The zero-order valence-electron chi connectivity index (χ0n) is 18.5. The van der Waals surface area contributed by atoms with Gasteiger partial charge in [-0.2, -0.15) is 4.31 Å². The maximum absolute atomic E-state index is 13.0. The Hall–Kier alpha value is -1.44. The Morgan fingerprint density at radius 2 is 1.73 bits per heavy atom. The summed E-state index contributed by atoms with van der Waals surface area (Å²) in [5.74, 6) is 1.26. The fourth-order valence-electron chi connectivity index (χ4n) is 4.81. The molecule has 3 rings (SSSR count). The molecule has 2 saturated heterocycles. The van der Waals surface area contributed by atoms with E-state index < -0.39 is 10.0 Å². The standard InChI is InChI=1S/C23H37N3O3S/c1-19-15-20(2)18-25(17-19)12-8-11-24-23(27)21-9-7-10-22(16-21)30(28,29)26-13-5-3-4-6-14-26/h7,9-10,16,19-20H,3-6,8,11-15,17-18H2,1-2H3,(H,24,27). The maximum atomic E-state index is 13.0. The van der Waals surface area contributed by atoms with E-state index in [4.69, 9.17) is 0 Å². The predicted molar refractivity (Wildman–Crippen MR) is 120 cm³/mol. The third kappa shape index (κ3) is 6.28. The molecule has 0 bridgehead atoms. The SMILES string of the molecule is CC1CC(C)CN(CCCNC(=O)c2cccc(S(=O)(=O)N3CCCCCC3)c2)C1. The minimum atomic E-state index is -3.54. The number of hydrogen-bond donors (Lipinski definition) is 1. The van der Waals surface area contributed by atoms with Gasteiger partial charge in [0.15, 0.2) is 0 Å². The van der Waals surface area contributed by atoms with Crippen molar-refractivity contribution in [3.05, 3.63) is 29.8 Å².